The van der Waals surface area contributed by atoms with E-state index in [1.165, 1.54) is 17.7 Å². The standard InChI is InChI=1S/C16H23N3O2S/c20-14(18-12-7-8-12)10-17-16(21)19-15(11-4-1-2-5-11)13-6-3-9-22-13/h3,6,9,11-12,15H,1-2,4-5,7-8,10H2,(H,18,20)(H2,17,19,21)/t15-/m0/s1. The molecule has 3 rings (SSSR count). The smallest absolute Gasteiger partial charge is 0.315 e. The van der Waals surface area contributed by atoms with Crippen molar-refractivity contribution in [3.05, 3.63) is 22.4 Å². The van der Waals surface area contributed by atoms with Crippen LogP contribution in [0.3, 0.4) is 0 Å². The van der Waals surface area contributed by atoms with Crippen molar-refractivity contribution >= 4 is 23.3 Å². The fraction of sp³-hybridized carbons (Fsp3) is 0.625. The van der Waals surface area contributed by atoms with Gasteiger partial charge in [0.1, 0.15) is 0 Å². The second-order valence-electron chi connectivity index (χ2n) is 6.21. The summed E-state index contributed by atoms with van der Waals surface area (Å²) in [4.78, 5) is 24.9. The molecule has 120 valence electrons. The molecule has 1 heterocycles. The maximum atomic E-state index is 12.1. The summed E-state index contributed by atoms with van der Waals surface area (Å²) < 4.78 is 0. The summed E-state index contributed by atoms with van der Waals surface area (Å²) in [5.74, 6) is 0.399. The zero-order valence-corrected chi connectivity index (χ0v) is 13.5. The van der Waals surface area contributed by atoms with Gasteiger partial charge in [0.25, 0.3) is 0 Å². The monoisotopic (exact) mass is 321 g/mol. The lowest BCUT2D eigenvalue weighted by atomic mass is 9.97. The molecule has 2 aliphatic carbocycles. The lowest BCUT2D eigenvalue weighted by Gasteiger charge is -2.23. The number of urea groups is 1. The van der Waals surface area contributed by atoms with Crippen LogP contribution < -0.4 is 16.0 Å². The summed E-state index contributed by atoms with van der Waals surface area (Å²) >= 11 is 1.68. The fourth-order valence-corrected chi connectivity index (χ4v) is 3.91. The summed E-state index contributed by atoms with van der Waals surface area (Å²) in [6.45, 7) is 0.0458. The van der Waals surface area contributed by atoms with Crippen LogP contribution in [0.5, 0.6) is 0 Å². The van der Waals surface area contributed by atoms with Crippen LogP contribution in [0.15, 0.2) is 17.5 Å². The number of carbonyl (C=O) groups is 2. The highest BCUT2D eigenvalue weighted by molar-refractivity contribution is 7.10. The summed E-state index contributed by atoms with van der Waals surface area (Å²) in [5.41, 5.74) is 0. The topological polar surface area (TPSA) is 70.2 Å². The molecule has 0 aliphatic heterocycles. The van der Waals surface area contributed by atoms with Gasteiger partial charge in [0.05, 0.1) is 12.6 Å². The van der Waals surface area contributed by atoms with Crippen LogP contribution in [0.4, 0.5) is 4.79 Å². The van der Waals surface area contributed by atoms with Crippen molar-refractivity contribution < 1.29 is 9.59 Å². The molecule has 0 unspecified atom stereocenters. The van der Waals surface area contributed by atoms with Gasteiger partial charge in [-0.1, -0.05) is 18.9 Å². The molecule has 0 radical (unpaired) electrons. The normalized spacial score (nSPS) is 19.6. The summed E-state index contributed by atoms with van der Waals surface area (Å²) in [7, 11) is 0. The third kappa shape index (κ3) is 4.22. The molecule has 0 aromatic carbocycles. The Morgan fingerprint density at radius 3 is 2.64 bits per heavy atom. The Kier molecular flexibility index (Phi) is 4.97. The van der Waals surface area contributed by atoms with Crippen molar-refractivity contribution in [2.75, 3.05) is 6.54 Å². The molecule has 5 nitrogen and oxygen atoms in total. The first-order valence-corrected chi connectivity index (χ1v) is 8.97. The van der Waals surface area contributed by atoms with E-state index in [2.05, 4.69) is 22.0 Å². The molecule has 3 amide bonds. The first-order valence-electron chi connectivity index (χ1n) is 8.09. The number of amides is 3. The maximum absolute atomic E-state index is 12.1. The Morgan fingerprint density at radius 1 is 1.23 bits per heavy atom. The second kappa shape index (κ2) is 7.13. The Balaban J connectivity index is 1.50. The van der Waals surface area contributed by atoms with Gasteiger partial charge in [-0.3, -0.25) is 4.79 Å². The Morgan fingerprint density at radius 2 is 2.00 bits per heavy atom. The summed E-state index contributed by atoms with van der Waals surface area (Å²) in [5, 5.41) is 10.6. The van der Waals surface area contributed by atoms with E-state index in [9.17, 15) is 9.59 Å². The van der Waals surface area contributed by atoms with E-state index in [0.29, 0.717) is 12.0 Å². The first-order chi connectivity index (χ1) is 10.7. The maximum Gasteiger partial charge on any atom is 0.315 e. The predicted molar refractivity (Wildman–Crippen MR) is 86.7 cm³/mol. The SMILES string of the molecule is O=C(CNC(=O)N[C@H](c1cccs1)C1CCCC1)NC1CC1. The second-order valence-corrected chi connectivity index (χ2v) is 7.19. The molecule has 2 fully saturated rings. The molecule has 6 heteroatoms. The van der Waals surface area contributed by atoms with Crippen molar-refractivity contribution in [3.63, 3.8) is 0 Å². The predicted octanol–water partition coefficient (Wildman–Crippen LogP) is 2.56. The molecular weight excluding hydrogens is 298 g/mol. The highest BCUT2D eigenvalue weighted by Gasteiger charge is 2.28. The average Bonchev–Trinajstić information content (AvgIpc) is 3.01. The fourth-order valence-electron chi connectivity index (χ4n) is 3.04. The molecule has 1 aromatic heterocycles. The highest BCUT2D eigenvalue weighted by atomic mass is 32.1. The van der Waals surface area contributed by atoms with E-state index in [1.807, 2.05) is 11.4 Å². The van der Waals surface area contributed by atoms with E-state index < -0.39 is 0 Å². The molecule has 22 heavy (non-hydrogen) atoms. The van der Waals surface area contributed by atoms with Crippen LogP contribution in [0, 0.1) is 5.92 Å². The number of thiophene rings is 1. The van der Waals surface area contributed by atoms with Crippen molar-refractivity contribution in [3.8, 4) is 0 Å². The minimum atomic E-state index is -0.253. The summed E-state index contributed by atoms with van der Waals surface area (Å²) in [6.07, 6.45) is 6.90. The van der Waals surface area contributed by atoms with Crippen LogP contribution in [0.25, 0.3) is 0 Å². The van der Waals surface area contributed by atoms with Crippen molar-refractivity contribution in [1.82, 2.24) is 16.0 Å². The van der Waals surface area contributed by atoms with Crippen molar-refractivity contribution in [2.24, 2.45) is 5.92 Å². The minimum absolute atomic E-state index is 0.0458. The van der Waals surface area contributed by atoms with E-state index in [-0.39, 0.29) is 24.5 Å². The average molecular weight is 321 g/mol. The van der Waals surface area contributed by atoms with Crippen LogP contribution in [0.1, 0.15) is 49.4 Å². The molecule has 2 aliphatic rings. The van der Waals surface area contributed by atoms with Gasteiger partial charge in [0.15, 0.2) is 0 Å². The zero-order valence-electron chi connectivity index (χ0n) is 12.6. The molecule has 2 saturated carbocycles. The number of carbonyl (C=O) groups excluding carboxylic acids is 2. The highest BCUT2D eigenvalue weighted by Crippen LogP contribution is 2.37. The van der Waals surface area contributed by atoms with Gasteiger partial charge in [-0.05, 0) is 43.0 Å². The van der Waals surface area contributed by atoms with Gasteiger partial charge in [0.2, 0.25) is 5.91 Å². The Hall–Kier alpha value is -1.56. The number of rotatable bonds is 6. The zero-order chi connectivity index (χ0) is 15.4. The summed E-state index contributed by atoms with van der Waals surface area (Å²) in [6, 6.07) is 4.23. The quantitative estimate of drug-likeness (QED) is 0.753. The first kappa shape index (κ1) is 15.3. The van der Waals surface area contributed by atoms with E-state index in [0.717, 1.165) is 25.7 Å². The lowest BCUT2D eigenvalue weighted by molar-refractivity contribution is -0.120. The van der Waals surface area contributed by atoms with Crippen LogP contribution >= 0.6 is 11.3 Å². The van der Waals surface area contributed by atoms with Gasteiger partial charge in [-0.25, -0.2) is 4.79 Å². The molecule has 0 saturated heterocycles. The number of hydrogen-bond acceptors (Lipinski definition) is 3. The van der Waals surface area contributed by atoms with Gasteiger partial charge in [0, 0.05) is 10.9 Å². The molecule has 1 atom stereocenters. The van der Waals surface area contributed by atoms with E-state index in [4.69, 9.17) is 0 Å². The lowest BCUT2D eigenvalue weighted by Crippen LogP contribution is -2.44. The Labute approximate surface area is 134 Å². The van der Waals surface area contributed by atoms with Crippen molar-refractivity contribution in [1.29, 1.82) is 0 Å². The van der Waals surface area contributed by atoms with Gasteiger partial charge in [-0.15, -0.1) is 11.3 Å². The van der Waals surface area contributed by atoms with Gasteiger partial charge >= 0.3 is 6.03 Å². The number of nitrogens with one attached hydrogen (secondary N) is 3. The van der Waals surface area contributed by atoms with Crippen LogP contribution in [-0.2, 0) is 4.79 Å². The molecule has 3 N–H and O–H groups in total. The third-order valence-corrected chi connectivity index (χ3v) is 5.31. The van der Waals surface area contributed by atoms with Crippen LogP contribution in [0.2, 0.25) is 0 Å². The number of hydrogen-bond donors (Lipinski definition) is 3. The molecule has 1 aromatic rings. The largest absolute Gasteiger partial charge is 0.352 e. The van der Waals surface area contributed by atoms with E-state index in [1.54, 1.807) is 11.3 Å². The van der Waals surface area contributed by atoms with Gasteiger partial charge < -0.3 is 16.0 Å². The van der Waals surface area contributed by atoms with E-state index >= 15 is 0 Å². The van der Waals surface area contributed by atoms with Crippen LogP contribution in [-0.4, -0.2) is 24.5 Å². The minimum Gasteiger partial charge on any atom is -0.352 e. The molecular formula is C16H23N3O2S. The molecule has 0 bridgehead atoms. The van der Waals surface area contributed by atoms with Gasteiger partial charge in [-0.2, -0.15) is 0 Å². The third-order valence-electron chi connectivity index (χ3n) is 4.36. The molecule has 0 spiro atoms. The Bertz CT molecular complexity index is 507. The van der Waals surface area contributed by atoms with Crippen molar-refractivity contribution in [2.45, 2.75) is 50.6 Å².